The normalized spacial score (nSPS) is 12.6. The van der Waals surface area contributed by atoms with Gasteiger partial charge in [-0.3, -0.25) is 4.99 Å². The molecule has 0 aliphatic carbocycles. The van der Waals surface area contributed by atoms with Gasteiger partial charge in [-0.05, 0) is 32.9 Å². The molecule has 0 atom stereocenters. The first-order chi connectivity index (χ1) is 9.31. The van der Waals surface area contributed by atoms with E-state index >= 15 is 0 Å². The van der Waals surface area contributed by atoms with Gasteiger partial charge in [-0.1, -0.05) is 11.6 Å². The van der Waals surface area contributed by atoms with Gasteiger partial charge in [0.25, 0.3) is 0 Å². The van der Waals surface area contributed by atoms with Crippen LogP contribution in [0.2, 0.25) is 4.34 Å². The van der Waals surface area contributed by atoms with Gasteiger partial charge in [0.2, 0.25) is 0 Å². The van der Waals surface area contributed by atoms with Crippen molar-refractivity contribution >= 4 is 28.9 Å². The van der Waals surface area contributed by atoms with Crippen molar-refractivity contribution in [3.8, 4) is 0 Å². The van der Waals surface area contributed by atoms with Crippen molar-refractivity contribution in [3.05, 3.63) is 21.3 Å². The average Bonchev–Trinajstić information content (AvgIpc) is 2.73. The van der Waals surface area contributed by atoms with Crippen LogP contribution in [0.25, 0.3) is 0 Å². The highest BCUT2D eigenvalue weighted by Gasteiger charge is 2.10. The molecule has 0 radical (unpaired) electrons. The number of halogens is 1. The van der Waals surface area contributed by atoms with Gasteiger partial charge in [0.05, 0.1) is 10.9 Å². The van der Waals surface area contributed by atoms with E-state index in [0.717, 1.165) is 29.9 Å². The highest BCUT2D eigenvalue weighted by molar-refractivity contribution is 7.16. The van der Waals surface area contributed by atoms with E-state index in [4.69, 9.17) is 11.6 Å². The quantitative estimate of drug-likeness (QED) is 0.498. The summed E-state index contributed by atoms with van der Waals surface area (Å²) < 4.78 is 0.825. The van der Waals surface area contributed by atoms with Gasteiger partial charge in [-0.2, -0.15) is 0 Å². The molecule has 0 aromatic carbocycles. The highest BCUT2D eigenvalue weighted by Crippen LogP contribution is 2.22. The van der Waals surface area contributed by atoms with E-state index < -0.39 is 0 Å². The van der Waals surface area contributed by atoms with Crippen LogP contribution in [0.4, 0.5) is 0 Å². The van der Waals surface area contributed by atoms with Crippen molar-refractivity contribution in [2.24, 2.45) is 4.99 Å². The molecule has 0 saturated carbocycles. The second-order valence-electron chi connectivity index (χ2n) is 5.71. The Labute approximate surface area is 131 Å². The molecule has 2 N–H and O–H groups in total. The molecule has 1 heterocycles. The first-order valence-corrected chi connectivity index (χ1v) is 7.92. The van der Waals surface area contributed by atoms with Gasteiger partial charge >= 0.3 is 0 Å². The van der Waals surface area contributed by atoms with E-state index in [9.17, 15) is 0 Å². The van der Waals surface area contributed by atoms with E-state index in [1.165, 1.54) is 4.88 Å². The lowest BCUT2D eigenvalue weighted by Gasteiger charge is -2.24. The van der Waals surface area contributed by atoms with Crippen LogP contribution in [-0.4, -0.2) is 43.6 Å². The Balaban J connectivity index is 2.38. The summed E-state index contributed by atoms with van der Waals surface area (Å²) in [5, 5.41) is 6.80. The summed E-state index contributed by atoms with van der Waals surface area (Å²) in [7, 11) is 3.83. The molecule has 4 nitrogen and oxygen atoms in total. The minimum atomic E-state index is 0.144. The third kappa shape index (κ3) is 6.59. The molecule has 0 unspecified atom stereocenters. The number of hydrogen-bond donors (Lipinski definition) is 2. The van der Waals surface area contributed by atoms with Crippen LogP contribution in [0.1, 0.15) is 25.6 Å². The maximum Gasteiger partial charge on any atom is 0.193 e. The number of aliphatic imine (C=N–C) groups is 1. The maximum atomic E-state index is 5.95. The monoisotopic (exact) mass is 316 g/mol. The number of nitrogens with zero attached hydrogens (tertiary/aromatic N) is 2. The molecule has 0 aliphatic rings. The fraction of sp³-hybridized carbons (Fsp3) is 0.643. The summed E-state index contributed by atoms with van der Waals surface area (Å²) in [6.07, 6.45) is 0. The van der Waals surface area contributed by atoms with Crippen LogP contribution in [-0.2, 0) is 6.54 Å². The largest absolute Gasteiger partial charge is 0.355 e. The molecular weight excluding hydrogens is 292 g/mol. The van der Waals surface area contributed by atoms with Crippen LogP contribution in [0, 0.1) is 0 Å². The molecule has 0 amide bonds. The number of hydrogen-bond acceptors (Lipinski definition) is 3. The summed E-state index contributed by atoms with van der Waals surface area (Å²) >= 11 is 7.55. The number of nitrogens with one attached hydrogen (secondary N) is 2. The van der Waals surface area contributed by atoms with Crippen LogP contribution in [0.3, 0.4) is 0 Å². The fourth-order valence-electron chi connectivity index (χ4n) is 1.74. The number of rotatable bonds is 5. The van der Waals surface area contributed by atoms with E-state index in [2.05, 4.69) is 47.4 Å². The lowest BCUT2D eigenvalue weighted by molar-refractivity contribution is 0.422. The third-order valence-electron chi connectivity index (χ3n) is 2.66. The van der Waals surface area contributed by atoms with Crippen LogP contribution in [0.15, 0.2) is 17.1 Å². The molecular formula is C14H25ClN4S. The lowest BCUT2D eigenvalue weighted by atomic mass is 10.1. The van der Waals surface area contributed by atoms with Crippen molar-refractivity contribution in [3.63, 3.8) is 0 Å². The average molecular weight is 317 g/mol. The second kappa shape index (κ2) is 7.86. The first-order valence-electron chi connectivity index (χ1n) is 6.73. The Hall–Kier alpha value is -0.780. The minimum absolute atomic E-state index is 0.144. The Kier molecular flexibility index (Phi) is 6.79. The zero-order chi connectivity index (χ0) is 15.2. The summed E-state index contributed by atoms with van der Waals surface area (Å²) in [4.78, 5) is 7.63. The zero-order valence-corrected chi connectivity index (χ0v) is 14.5. The molecule has 0 aliphatic heterocycles. The van der Waals surface area contributed by atoms with Crippen LogP contribution in [0.5, 0.6) is 0 Å². The lowest BCUT2D eigenvalue weighted by Crippen LogP contribution is -2.44. The molecule has 1 aromatic heterocycles. The zero-order valence-electron chi connectivity index (χ0n) is 13.0. The number of thiophene rings is 1. The molecule has 0 saturated heterocycles. The predicted molar refractivity (Wildman–Crippen MR) is 89.9 cm³/mol. The molecule has 0 spiro atoms. The molecule has 6 heteroatoms. The molecule has 114 valence electrons. The summed E-state index contributed by atoms with van der Waals surface area (Å²) in [6.45, 7) is 9.04. The van der Waals surface area contributed by atoms with E-state index in [1.54, 1.807) is 18.4 Å². The molecule has 0 bridgehead atoms. The van der Waals surface area contributed by atoms with Crippen LogP contribution < -0.4 is 10.6 Å². The summed E-state index contributed by atoms with van der Waals surface area (Å²) in [6, 6.07) is 3.98. The van der Waals surface area contributed by atoms with Gasteiger partial charge in [0.1, 0.15) is 0 Å². The third-order valence-corrected chi connectivity index (χ3v) is 3.87. The summed E-state index contributed by atoms with van der Waals surface area (Å²) in [5.74, 6) is 0.894. The molecule has 0 fully saturated rings. The molecule has 1 rings (SSSR count). The first kappa shape index (κ1) is 17.3. The van der Waals surface area contributed by atoms with Crippen molar-refractivity contribution < 1.29 is 0 Å². The van der Waals surface area contributed by atoms with Gasteiger partial charge in [-0.15, -0.1) is 11.3 Å². The molecule has 1 aromatic rings. The topological polar surface area (TPSA) is 39.7 Å². The van der Waals surface area contributed by atoms with Crippen molar-refractivity contribution in [2.75, 3.05) is 27.2 Å². The van der Waals surface area contributed by atoms with Crippen molar-refractivity contribution in [2.45, 2.75) is 32.9 Å². The van der Waals surface area contributed by atoms with Gasteiger partial charge in [0, 0.05) is 37.6 Å². The van der Waals surface area contributed by atoms with Gasteiger partial charge in [0.15, 0.2) is 5.96 Å². The number of guanidine groups is 1. The Morgan fingerprint density at radius 2 is 2.05 bits per heavy atom. The van der Waals surface area contributed by atoms with Gasteiger partial charge in [-0.25, -0.2) is 0 Å². The molecule has 20 heavy (non-hydrogen) atoms. The SMILES string of the molecule is CN=C(NCCNC(C)(C)C)N(C)Cc1ccc(Cl)s1. The van der Waals surface area contributed by atoms with E-state index in [1.807, 2.05) is 13.1 Å². The summed E-state index contributed by atoms with van der Waals surface area (Å²) in [5.41, 5.74) is 0.144. The maximum absolute atomic E-state index is 5.95. The minimum Gasteiger partial charge on any atom is -0.355 e. The smallest absolute Gasteiger partial charge is 0.193 e. The van der Waals surface area contributed by atoms with E-state index in [0.29, 0.717) is 0 Å². The fourth-order valence-corrected chi connectivity index (χ4v) is 2.88. The Morgan fingerprint density at radius 1 is 1.35 bits per heavy atom. The van der Waals surface area contributed by atoms with Gasteiger partial charge < -0.3 is 15.5 Å². The second-order valence-corrected chi connectivity index (χ2v) is 7.51. The van der Waals surface area contributed by atoms with E-state index in [-0.39, 0.29) is 5.54 Å². The van der Waals surface area contributed by atoms with Crippen molar-refractivity contribution in [1.29, 1.82) is 0 Å². The Bertz CT molecular complexity index is 437. The standard InChI is InChI=1S/C14H25ClN4S/c1-14(2,3)18-9-8-17-13(16-4)19(5)10-11-6-7-12(15)20-11/h6-7,18H,8-10H2,1-5H3,(H,16,17). The highest BCUT2D eigenvalue weighted by atomic mass is 35.5. The Morgan fingerprint density at radius 3 is 2.55 bits per heavy atom. The van der Waals surface area contributed by atoms with Crippen LogP contribution >= 0.6 is 22.9 Å². The predicted octanol–water partition coefficient (Wildman–Crippen LogP) is 2.80. The van der Waals surface area contributed by atoms with Crippen molar-refractivity contribution in [1.82, 2.24) is 15.5 Å².